The van der Waals surface area contributed by atoms with Crippen LogP contribution in [0.25, 0.3) is 0 Å². The van der Waals surface area contributed by atoms with Gasteiger partial charge in [0, 0.05) is 0 Å². The quantitative estimate of drug-likeness (QED) is 0.503. The number of rotatable bonds is 4. The van der Waals surface area contributed by atoms with Crippen LogP contribution in [-0.2, 0) is 14.1 Å². The molecule has 0 bridgehead atoms. The van der Waals surface area contributed by atoms with Crippen LogP contribution in [0.2, 0.25) is 0 Å². The van der Waals surface area contributed by atoms with Gasteiger partial charge >= 0.3 is 13.8 Å². The first-order chi connectivity index (χ1) is 6.76. The van der Waals surface area contributed by atoms with Crippen LogP contribution in [-0.4, -0.2) is 27.3 Å². The number of esters is 1. The van der Waals surface area contributed by atoms with E-state index in [1.807, 2.05) is 20.8 Å². The van der Waals surface area contributed by atoms with Crippen molar-refractivity contribution in [1.29, 1.82) is 0 Å². The van der Waals surface area contributed by atoms with Crippen LogP contribution < -0.4 is 0 Å². The van der Waals surface area contributed by atoms with Gasteiger partial charge in [-0.2, -0.15) is 0 Å². The van der Waals surface area contributed by atoms with E-state index in [1.54, 1.807) is 0 Å². The van der Waals surface area contributed by atoms with Gasteiger partial charge in [-0.3, -0.25) is 4.79 Å². The van der Waals surface area contributed by atoms with E-state index in [0.29, 0.717) is 6.61 Å². The number of hydrogen-bond donors (Lipinski definition) is 3. The first-order valence-electron chi connectivity index (χ1n) is 4.71. The maximum absolute atomic E-state index is 11.0. The van der Waals surface area contributed by atoms with Crippen LogP contribution in [0.15, 0.2) is 0 Å². The molecule has 0 fully saturated rings. The highest BCUT2D eigenvalue weighted by Crippen LogP contribution is 2.25. The zero-order valence-corrected chi connectivity index (χ0v) is 10.1. The molecule has 3 N–H and O–H groups in total. The summed E-state index contributed by atoms with van der Waals surface area (Å²) in [6.45, 7) is 6.34. The molecule has 0 radical (unpaired) electrons. The molecule has 0 unspecified atom stereocenters. The first-order valence-corrected chi connectivity index (χ1v) is 6.27. The molecule has 0 rings (SSSR count). The number of phosphoric acid groups is 1. The minimum atomic E-state index is -4.64. The van der Waals surface area contributed by atoms with Crippen molar-refractivity contribution in [2.45, 2.75) is 33.6 Å². The fourth-order valence-electron chi connectivity index (χ4n) is 0.882. The summed E-state index contributed by atoms with van der Waals surface area (Å²) in [5.74, 6) is 0.0625. The summed E-state index contributed by atoms with van der Waals surface area (Å²) in [4.78, 5) is 32.5. The van der Waals surface area contributed by atoms with E-state index >= 15 is 0 Å². The monoisotopic (exact) mass is 242 g/mol. The highest BCUT2D eigenvalue weighted by molar-refractivity contribution is 7.45. The van der Waals surface area contributed by atoms with Crippen molar-refractivity contribution < 1.29 is 28.8 Å². The Morgan fingerprint density at radius 2 is 1.53 bits per heavy atom. The molecule has 0 saturated heterocycles. The van der Waals surface area contributed by atoms with E-state index in [9.17, 15) is 4.79 Å². The van der Waals surface area contributed by atoms with E-state index < -0.39 is 7.82 Å². The Bertz CT molecular complexity index is 199. The van der Waals surface area contributed by atoms with Crippen molar-refractivity contribution in [3.8, 4) is 0 Å². The van der Waals surface area contributed by atoms with Gasteiger partial charge in [0.25, 0.3) is 0 Å². The van der Waals surface area contributed by atoms with Gasteiger partial charge < -0.3 is 19.4 Å². The predicted octanol–water partition coefficient (Wildman–Crippen LogP) is 1.06. The van der Waals surface area contributed by atoms with E-state index in [4.69, 9.17) is 24.0 Å². The first kappa shape index (κ1) is 17.0. The molecule has 6 nitrogen and oxygen atoms in total. The molecular weight excluding hydrogens is 223 g/mol. The van der Waals surface area contributed by atoms with E-state index in [1.165, 1.54) is 0 Å². The summed E-state index contributed by atoms with van der Waals surface area (Å²) >= 11 is 0. The topological polar surface area (TPSA) is 104 Å². The molecule has 0 aromatic rings. The van der Waals surface area contributed by atoms with Gasteiger partial charge in [0.15, 0.2) is 0 Å². The summed E-state index contributed by atoms with van der Waals surface area (Å²) in [7, 11) is -4.64. The van der Waals surface area contributed by atoms with Crippen molar-refractivity contribution in [2.75, 3.05) is 6.61 Å². The summed E-state index contributed by atoms with van der Waals surface area (Å²) in [5.41, 5.74) is 0. The predicted molar refractivity (Wildman–Crippen MR) is 55.0 cm³/mol. The van der Waals surface area contributed by atoms with Crippen LogP contribution >= 0.6 is 7.82 Å². The Morgan fingerprint density at radius 3 is 1.73 bits per heavy atom. The Balaban J connectivity index is 0. The standard InChI is InChI=1S/C8H16O2.H3O4P/c1-4-7(5-2)8(9)10-6-3;1-5(2,3)4/h7H,4-6H2,1-3H3;(H3,1,2,3,4). The lowest BCUT2D eigenvalue weighted by atomic mass is 10.0. The van der Waals surface area contributed by atoms with E-state index in [2.05, 4.69) is 0 Å². The van der Waals surface area contributed by atoms with Crippen molar-refractivity contribution in [3.05, 3.63) is 0 Å². The number of carbonyl (C=O) groups excluding carboxylic acids is 1. The molecule has 15 heavy (non-hydrogen) atoms. The summed E-state index contributed by atoms with van der Waals surface area (Å²) in [5, 5.41) is 0. The lowest BCUT2D eigenvalue weighted by Gasteiger charge is -2.09. The lowest BCUT2D eigenvalue weighted by molar-refractivity contribution is -0.148. The third kappa shape index (κ3) is 16.3. The molecule has 0 aromatic carbocycles. The van der Waals surface area contributed by atoms with Crippen molar-refractivity contribution in [2.24, 2.45) is 5.92 Å². The van der Waals surface area contributed by atoms with Gasteiger partial charge in [-0.25, -0.2) is 4.57 Å². The molecule has 0 heterocycles. The Labute approximate surface area is 89.5 Å². The highest BCUT2D eigenvalue weighted by Gasteiger charge is 2.13. The van der Waals surface area contributed by atoms with Gasteiger partial charge in [0.2, 0.25) is 0 Å². The molecular formula is C8H19O6P. The molecule has 0 saturated carbocycles. The highest BCUT2D eigenvalue weighted by atomic mass is 31.2. The van der Waals surface area contributed by atoms with Crippen LogP contribution in [0, 0.1) is 5.92 Å². The van der Waals surface area contributed by atoms with Gasteiger partial charge in [-0.1, -0.05) is 13.8 Å². The Hall–Kier alpha value is -0.420. The molecule has 0 amide bonds. The molecule has 0 aliphatic heterocycles. The molecule has 0 aliphatic rings. The average molecular weight is 242 g/mol. The minimum absolute atomic E-state index is 0.0486. The van der Waals surface area contributed by atoms with Gasteiger partial charge in [0.05, 0.1) is 12.5 Å². The Morgan fingerprint density at radius 1 is 1.20 bits per heavy atom. The zero-order chi connectivity index (χ0) is 12.5. The summed E-state index contributed by atoms with van der Waals surface area (Å²) in [6, 6.07) is 0. The second kappa shape index (κ2) is 8.85. The normalized spacial score (nSPS) is 10.6. The molecule has 0 aliphatic carbocycles. The van der Waals surface area contributed by atoms with Crippen molar-refractivity contribution in [3.63, 3.8) is 0 Å². The van der Waals surface area contributed by atoms with Gasteiger partial charge in [0.1, 0.15) is 0 Å². The molecule has 0 spiro atoms. The molecule has 0 aromatic heterocycles. The smallest absolute Gasteiger partial charge is 0.466 e. The van der Waals surface area contributed by atoms with Crippen LogP contribution in [0.1, 0.15) is 33.6 Å². The van der Waals surface area contributed by atoms with E-state index in [-0.39, 0.29) is 11.9 Å². The van der Waals surface area contributed by atoms with Gasteiger partial charge in [-0.05, 0) is 19.8 Å². The fourth-order valence-corrected chi connectivity index (χ4v) is 0.882. The molecule has 0 atom stereocenters. The maximum Gasteiger partial charge on any atom is 0.466 e. The molecule has 7 heteroatoms. The number of carbonyl (C=O) groups is 1. The fraction of sp³-hybridized carbons (Fsp3) is 0.875. The second-order valence-corrected chi connectivity index (χ2v) is 3.81. The molecule has 92 valence electrons. The maximum atomic E-state index is 11.0. The van der Waals surface area contributed by atoms with Crippen molar-refractivity contribution in [1.82, 2.24) is 0 Å². The average Bonchev–Trinajstić information content (AvgIpc) is 2.03. The minimum Gasteiger partial charge on any atom is -0.466 e. The third-order valence-corrected chi connectivity index (χ3v) is 1.61. The number of ether oxygens (including phenoxy) is 1. The summed E-state index contributed by atoms with van der Waals surface area (Å²) < 4.78 is 13.7. The van der Waals surface area contributed by atoms with Crippen LogP contribution in [0.3, 0.4) is 0 Å². The number of hydrogen-bond acceptors (Lipinski definition) is 3. The van der Waals surface area contributed by atoms with Gasteiger partial charge in [-0.15, -0.1) is 0 Å². The SMILES string of the molecule is CCOC(=O)C(CC)CC.O=P(O)(O)O. The van der Waals surface area contributed by atoms with Crippen molar-refractivity contribution >= 4 is 13.8 Å². The lowest BCUT2D eigenvalue weighted by Crippen LogP contribution is -2.15. The summed E-state index contributed by atoms with van der Waals surface area (Å²) in [6.07, 6.45) is 1.77. The zero-order valence-electron chi connectivity index (χ0n) is 9.21. The largest absolute Gasteiger partial charge is 0.466 e. The van der Waals surface area contributed by atoms with Crippen LogP contribution in [0.4, 0.5) is 0 Å². The Kier molecular flexibility index (Phi) is 10.0. The second-order valence-electron chi connectivity index (χ2n) is 2.78. The third-order valence-electron chi connectivity index (χ3n) is 1.61. The van der Waals surface area contributed by atoms with Crippen LogP contribution in [0.5, 0.6) is 0 Å². The van der Waals surface area contributed by atoms with E-state index in [0.717, 1.165) is 12.8 Å².